The lowest BCUT2D eigenvalue weighted by Crippen LogP contribution is -2.46. The van der Waals surface area contributed by atoms with Crippen molar-refractivity contribution in [2.75, 3.05) is 0 Å². The molecule has 0 aromatic heterocycles. The van der Waals surface area contributed by atoms with E-state index in [2.05, 4.69) is 21.2 Å². The molecule has 0 radical (unpaired) electrons. The second-order valence-electron chi connectivity index (χ2n) is 5.13. The van der Waals surface area contributed by atoms with Crippen LogP contribution >= 0.6 is 15.9 Å². The van der Waals surface area contributed by atoms with Crippen molar-refractivity contribution in [3.63, 3.8) is 0 Å². The number of amides is 1. The number of carbonyl (C=O) groups excluding carboxylic acids is 2. The molecule has 4 heteroatoms. The fourth-order valence-corrected chi connectivity index (χ4v) is 3.21. The topological polar surface area (TPSA) is 46.2 Å². The van der Waals surface area contributed by atoms with E-state index in [9.17, 15) is 9.59 Å². The highest BCUT2D eigenvalue weighted by Crippen LogP contribution is 2.36. The van der Waals surface area contributed by atoms with Crippen LogP contribution in [0.4, 0.5) is 0 Å². The van der Waals surface area contributed by atoms with E-state index >= 15 is 0 Å². The molecule has 2 aromatic rings. The molecule has 0 bridgehead atoms. The monoisotopic (exact) mass is 343 g/mol. The molecule has 1 amide bonds. The Morgan fingerprint density at radius 3 is 2.48 bits per heavy atom. The van der Waals surface area contributed by atoms with Crippen LogP contribution in [0.25, 0.3) is 0 Å². The number of fused-ring (bicyclic) bond motifs is 1. The van der Waals surface area contributed by atoms with E-state index in [-0.39, 0.29) is 11.7 Å². The second-order valence-corrected chi connectivity index (χ2v) is 6.49. The molecule has 0 fully saturated rings. The summed E-state index contributed by atoms with van der Waals surface area (Å²) >= 11 is 3.37. The van der Waals surface area contributed by atoms with Crippen LogP contribution in [0.5, 0.6) is 0 Å². The van der Waals surface area contributed by atoms with E-state index in [1.807, 2.05) is 48.5 Å². The van der Waals surface area contributed by atoms with Crippen molar-refractivity contribution in [2.24, 2.45) is 0 Å². The molecule has 3 nitrogen and oxygen atoms in total. The standard InChI is InChI=1S/C17H14BrNO2/c18-17(10-13-8-4-5-9-14(13)15(17)20)16(21)19-11-12-6-2-1-3-7-12/h1-9H,10-11H2,(H,19,21). The number of Topliss-reactive ketones (excluding diaryl/α,β-unsaturated/α-hetero) is 1. The Kier molecular flexibility index (Phi) is 3.64. The zero-order valence-corrected chi connectivity index (χ0v) is 12.9. The van der Waals surface area contributed by atoms with Crippen molar-refractivity contribution in [3.8, 4) is 0 Å². The zero-order valence-electron chi connectivity index (χ0n) is 11.3. The number of benzene rings is 2. The van der Waals surface area contributed by atoms with Gasteiger partial charge in [0, 0.05) is 18.5 Å². The van der Waals surface area contributed by atoms with Crippen LogP contribution in [-0.4, -0.2) is 16.0 Å². The smallest absolute Gasteiger partial charge is 0.245 e. The van der Waals surface area contributed by atoms with Gasteiger partial charge in [-0.3, -0.25) is 9.59 Å². The van der Waals surface area contributed by atoms with Crippen molar-refractivity contribution in [1.82, 2.24) is 5.32 Å². The fourth-order valence-electron chi connectivity index (χ4n) is 2.55. The van der Waals surface area contributed by atoms with E-state index in [0.29, 0.717) is 18.5 Å². The van der Waals surface area contributed by atoms with Crippen molar-refractivity contribution in [2.45, 2.75) is 17.3 Å². The van der Waals surface area contributed by atoms with Crippen LogP contribution in [-0.2, 0) is 17.8 Å². The van der Waals surface area contributed by atoms with Gasteiger partial charge >= 0.3 is 0 Å². The van der Waals surface area contributed by atoms with E-state index in [1.165, 1.54) is 0 Å². The number of hydrogen-bond acceptors (Lipinski definition) is 2. The summed E-state index contributed by atoms with van der Waals surface area (Å²) < 4.78 is -1.18. The maximum absolute atomic E-state index is 12.5. The molecule has 1 atom stereocenters. The van der Waals surface area contributed by atoms with Gasteiger partial charge in [-0.25, -0.2) is 0 Å². The third kappa shape index (κ3) is 2.51. The molecule has 0 spiro atoms. The van der Waals surface area contributed by atoms with Crippen LogP contribution in [0, 0.1) is 0 Å². The summed E-state index contributed by atoms with van der Waals surface area (Å²) in [6, 6.07) is 17.0. The van der Waals surface area contributed by atoms with E-state index in [0.717, 1.165) is 11.1 Å². The minimum atomic E-state index is -1.18. The summed E-state index contributed by atoms with van der Waals surface area (Å²) in [7, 11) is 0. The Labute approximate surface area is 131 Å². The fraction of sp³-hybridized carbons (Fsp3) is 0.176. The van der Waals surface area contributed by atoms with E-state index < -0.39 is 4.32 Å². The molecular formula is C17H14BrNO2. The first kappa shape index (κ1) is 14.0. The molecule has 21 heavy (non-hydrogen) atoms. The summed E-state index contributed by atoms with van der Waals surface area (Å²) in [5.41, 5.74) is 2.54. The third-order valence-corrected chi connectivity index (χ3v) is 4.71. The third-order valence-electron chi connectivity index (χ3n) is 3.71. The largest absolute Gasteiger partial charge is 0.350 e. The Hall–Kier alpha value is -1.94. The summed E-state index contributed by atoms with van der Waals surface area (Å²) in [4.78, 5) is 24.9. The number of alkyl halides is 1. The molecule has 0 heterocycles. The number of ketones is 1. The summed E-state index contributed by atoms with van der Waals surface area (Å²) in [5, 5.41) is 2.84. The van der Waals surface area contributed by atoms with Crippen molar-refractivity contribution in [1.29, 1.82) is 0 Å². The highest BCUT2D eigenvalue weighted by atomic mass is 79.9. The Bertz CT molecular complexity index is 699. The molecule has 1 N–H and O–H groups in total. The highest BCUT2D eigenvalue weighted by molar-refractivity contribution is 9.10. The lowest BCUT2D eigenvalue weighted by Gasteiger charge is -2.19. The lowest BCUT2D eigenvalue weighted by atomic mass is 10.0. The number of halogens is 1. The minimum absolute atomic E-state index is 0.163. The van der Waals surface area contributed by atoms with Gasteiger partial charge in [0.15, 0.2) is 10.1 Å². The Balaban J connectivity index is 1.75. The summed E-state index contributed by atoms with van der Waals surface area (Å²) in [5.74, 6) is -0.448. The minimum Gasteiger partial charge on any atom is -0.350 e. The number of nitrogens with one attached hydrogen (secondary N) is 1. The molecule has 106 valence electrons. The maximum atomic E-state index is 12.5. The molecule has 1 aliphatic carbocycles. The van der Waals surface area contributed by atoms with Gasteiger partial charge in [-0.1, -0.05) is 70.5 Å². The lowest BCUT2D eigenvalue weighted by molar-refractivity contribution is -0.122. The molecule has 1 aliphatic rings. The predicted octanol–water partition coefficient (Wildman–Crippen LogP) is 2.88. The quantitative estimate of drug-likeness (QED) is 0.688. The van der Waals surface area contributed by atoms with Crippen LogP contribution in [0.3, 0.4) is 0 Å². The number of hydrogen-bond donors (Lipinski definition) is 1. The maximum Gasteiger partial charge on any atom is 0.245 e. The summed E-state index contributed by atoms with van der Waals surface area (Å²) in [6.45, 7) is 0.413. The average Bonchev–Trinajstić information content (AvgIpc) is 2.79. The van der Waals surface area contributed by atoms with Crippen LogP contribution in [0.2, 0.25) is 0 Å². The van der Waals surface area contributed by atoms with Gasteiger partial charge in [0.1, 0.15) is 0 Å². The molecule has 0 saturated heterocycles. The van der Waals surface area contributed by atoms with Crippen molar-refractivity contribution in [3.05, 3.63) is 71.3 Å². The second kappa shape index (κ2) is 5.45. The van der Waals surface area contributed by atoms with E-state index in [1.54, 1.807) is 6.07 Å². The SMILES string of the molecule is O=C(NCc1ccccc1)C1(Br)Cc2ccccc2C1=O. The highest BCUT2D eigenvalue weighted by Gasteiger charge is 2.49. The van der Waals surface area contributed by atoms with Gasteiger partial charge < -0.3 is 5.32 Å². The molecule has 0 aliphatic heterocycles. The number of rotatable bonds is 3. The predicted molar refractivity (Wildman–Crippen MR) is 84.4 cm³/mol. The van der Waals surface area contributed by atoms with Gasteiger partial charge in [-0.05, 0) is 11.1 Å². The average molecular weight is 344 g/mol. The number of carbonyl (C=O) groups is 2. The van der Waals surface area contributed by atoms with Gasteiger partial charge in [-0.15, -0.1) is 0 Å². The summed E-state index contributed by atoms with van der Waals surface area (Å²) in [6.07, 6.45) is 0.391. The molecule has 0 saturated carbocycles. The van der Waals surface area contributed by atoms with Crippen LogP contribution < -0.4 is 5.32 Å². The zero-order chi connectivity index (χ0) is 14.9. The van der Waals surface area contributed by atoms with Crippen molar-refractivity contribution < 1.29 is 9.59 Å². The van der Waals surface area contributed by atoms with Gasteiger partial charge in [0.25, 0.3) is 0 Å². The molecular weight excluding hydrogens is 330 g/mol. The first-order valence-corrected chi connectivity index (χ1v) is 7.54. The van der Waals surface area contributed by atoms with Gasteiger partial charge in [0.05, 0.1) is 0 Å². The normalized spacial score (nSPS) is 20.1. The Morgan fingerprint density at radius 2 is 1.76 bits per heavy atom. The van der Waals surface area contributed by atoms with Crippen LogP contribution in [0.15, 0.2) is 54.6 Å². The van der Waals surface area contributed by atoms with E-state index in [4.69, 9.17) is 0 Å². The van der Waals surface area contributed by atoms with Crippen LogP contribution in [0.1, 0.15) is 21.5 Å². The Morgan fingerprint density at radius 1 is 1.10 bits per heavy atom. The van der Waals surface area contributed by atoms with Crippen molar-refractivity contribution >= 4 is 27.6 Å². The molecule has 2 aromatic carbocycles. The van der Waals surface area contributed by atoms with Gasteiger partial charge in [0.2, 0.25) is 5.91 Å². The first-order chi connectivity index (χ1) is 10.1. The molecule has 3 rings (SSSR count). The molecule has 1 unspecified atom stereocenters. The van der Waals surface area contributed by atoms with Gasteiger partial charge in [-0.2, -0.15) is 0 Å². The first-order valence-electron chi connectivity index (χ1n) is 6.75.